The van der Waals surface area contributed by atoms with E-state index in [9.17, 15) is 0 Å². The van der Waals surface area contributed by atoms with Crippen LogP contribution in [0.25, 0.3) is 11.3 Å². The zero-order chi connectivity index (χ0) is 23.8. The fraction of sp³-hybridized carbons (Fsp3) is 0.452. The maximum atomic E-state index is 5.94. The first-order valence-corrected chi connectivity index (χ1v) is 13.1. The van der Waals surface area contributed by atoms with Gasteiger partial charge in [0.2, 0.25) is 0 Å². The fourth-order valence-corrected chi connectivity index (χ4v) is 5.54. The molecule has 1 unspecified atom stereocenters. The van der Waals surface area contributed by atoms with E-state index in [4.69, 9.17) is 9.72 Å². The van der Waals surface area contributed by atoms with Crippen molar-refractivity contribution in [3.63, 3.8) is 0 Å². The molecule has 0 saturated heterocycles. The SMILES string of the molecule is CCc1cccc(CC)c1-c1cc(OC)c(CC(NCc2ccccc2)C2CCCCC2)cn1. The zero-order valence-corrected chi connectivity index (χ0v) is 21.1. The smallest absolute Gasteiger partial charge is 0.125 e. The summed E-state index contributed by atoms with van der Waals surface area (Å²) in [6, 6.07) is 20.0. The molecular weight excluding hydrogens is 416 g/mol. The summed E-state index contributed by atoms with van der Waals surface area (Å²) < 4.78 is 5.94. The molecule has 4 rings (SSSR count). The van der Waals surface area contributed by atoms with Crippen LogP contribution in [0.3, 0.4) is 0 Å². The number of benzene rings is 2. The second-order valence-electron chi connectivity index (χ2n) is 9.61. The molecule has 2 aromatic carbocycles. The number of methoxy groups -OCH3 is 1. The topological polar surface area (TPSA) is 34.1 Å². The van der Waals surface area contributed by atoms with E-state index in [1.54, 1.807) is 7.11 Å². The molecule has 1 aliphatic carbocycles. The predicted molar refractivity (Wildman–Crippen MR) is 142 cm³/mol. The summed E-state index contributed by atoms with van der Waals surface area (Å²) in [6.07, 6.45) is 11.7. The molecule has 34 heavy (non-hydrogen) atoms. The third-order valence-electron chi connectivity index (χ3n) is 7.49. The summed E-state index contributed by atoms with van der Waals surface area (Å²) in [5, 5.41) is 3.91. The quantitative estimate of drug-likeness (QED) is 0.351. The first-order chi connectivity index (χ1) is 16.7. The van der Waals surface area contributed by atoms with E-state index >= 15 is 0 Å². The summed E-state index contributed by atoms with van der Waals surface area (Å²) in [6.45, 7) is 5.34. The predicted octanol–water partition coefficient (Wildman–Crippen LogP) is 7.16. The second-order valence-corrected chi connectivity index (χ2v) is 9.61. The Balaban J connectivity index is 1.60. The number of aryl methyl sites for hydroxylation is 2. The Labute approximate surface area is 206 Å². The summed E-state index contributed by atoms with van der Waals surface area (Å²) >= 11 is 0. The molecule has 1 N–H and O–H groups in total. The van der Waals surface area contributed by atoms with Crippen LogP contribution in [0.5, 0.6) is 5.75 Å². The molecule has 0 bridgehead atoms. The van der Waals surface area contributed by atoms with Gasteiger partial charge in [-0.2, -0.15) is 0 Å². The Morgan fingerprint density at radius 3 is 2.26 bits per heavy atom. The van der Waals surface area contributed by atoms with Crippen LogP contribution in [-0.2, 0) is 25.8 Å². The summed E-state index contributed by atoms with van der Waals surface area (Å²) in [5.74, 6) is 1.66. The summed E-state index contributed by atoms with van der Waals surface area (Å²) in [5.41, 5.74) is 7.56. The molecule has 0 radical (unpaired) electrons. The van der Waals surface area contributed by atoms with Gasteiger partial charge in [0.05, 0.1) is 12.8 Å². The molecule has 0 spiro atoms. The molecule has 1 atom stereocenters. The maximum absolute atomic E-state index is 5.94. The first kappa shape index (κ1) is 24.5. The van der Waals surface area contributed by atoms with Gasteiger partial charge in [0, 0.05) is 36.0 Å². The van der Waals surface area contributed by atoms with Crippen molar-refractivity contribution in [3.8, 4) is 17.0 Å². The highest BCUT2D eigenvalue weighted by atomic mass is 16.5. The lowest BCUT2D eigenvalue weighted by atomic mass is 9.81. The maximum Gasteiger partial charge on any atom is 0.125 e. The summed E-state index contributed by atoms with van der Waals surface area (Å²) in [7, 11) is 1.79. The Morgan fingerprint density at radius 1 is 0.912 bits per heavy atom. The van der Waals surface area contributed by atoms with Crippen LogP contribution in [-0.4, -0.2) is 18.1 Å². The molecule has 0 amide bonds. The van der Waals surface area contributed by atoms with E-state index in [1.807, 2.05) is 0 Å². The van der Waals surface area contributed by atoms with Crippen LogP contribution in [0.1, 0.15) is 68.2 Å². The van der Waals surface area contributed by atoms with E-state index in [0.29, 0.717) is 12.0 Å². The van der Waals surface area contributed by atoms with Gasteiger partial charge in [-0.25, -0.2) is 0 Å². The molecule has 3 nitrogen and oxygen atoms in total. The number of rotatable bonds is 10. The first-order valence-electron chi connectivity index (χ1n) is 13.1. The van der Waals surface area contributed by atoms with Crippen molar-refractivity contribution < 1.29 is 4.74 Å². The molecule has 1 fully saturated rings. The van der Waals surface area contributed by atoms with Crippen LogP contribution < -0.4 is 10.1 Å². The molecule has 1 aliphatic rings. The van der Waals surface area contributed by atoms with Gasteiger partial charge in [-0.1, -0.05) is 81.6 Å². The highest BCUT2D eigenvalue weighted by Crippen LogP contribution is 2.34. The zero-order valence-electron chi connectivity index (χ0n) is 21.1. The van der Waals surface area contributed by atoms with E-state index in [0.717, 1.165) is 37.3 Å². The standard InChI is InChI=1S/C31H40N2O/c1-4-24-17-12-18-25(5-2)31(24)29-20-30(34-3)27(22-33-29)19-28(26-15-10-7-11-16-26)32-21-23-13-8-6-9-14-23/h6,8-9,12-14,17-18,20,22,26,28,32H,4-5,7,10-11,15-16,19,21H2,1-3H3. The second kappa shape index (κ2) is 12.2. The highest BCUT2D eigenvalue weighted by molar-refractivity contribution is 5.69. The molecule has 1 aromatic heterocycles. The Morgan fingerprint density at radius 2 is 1.62 bits per heavy atom. The van der Waals surface area contributed by atoms with Gasteiger partial charge >= 0.3 is 0 Å². The third-order valence-corrected chi connectivity index (χ3v) is 7.49. The number of nitrogens with zero attached hydrogens (tertiary/aromatic N) is 1. The molecule has 180 valence electrons. The normalized spacial score (nSPS) is 15.3. The fourth-order valence-electron chi connectivity index (χ4n) is 5.54. The lowest BCUT2D eigenvalue weighted by molar-refractivity contribution is 0.263. The van der Waals surface area contributed by atoms with Crippen molar-refractivity contribution in [2.24, 2.45) is 5.92 Å². The van der Waals surface area contributed by atoms with Crippen molar-refractivity contribution in [2.75, 3.05) is 7.11 Å². The largest absolute Gasteiger partial charge is 0.496 e. The van der Waals surface area contributed by atoms with Gasteiger partial charge in [-0.15, -0.1) is 0 Å². The third kappa shape index (κ3) is 5.88. The van der Waals surface area contributed by atoms with E-state index in [-0.39, 0.29) is 0 Å². The molecule has 1 heterocycles. The van der Waals surface area contributed by atoms with E-state index in [1.165, 1.54) is 59.9 Å². The monoisotopic (exact) mass is 456 g/mol. The van der Waals surface area contributed by atoms with Crippen LogP contribution in [0, 0.1) is 5.92 Å². The number of pyridine rings is 1. The van der Waals surface area contributed by atoms with E-state index in [2.05, 4.69) is 80.0 Å². The van der Waals surface area contributed by atoms with Crippen LogP contribution in [0.2, 0.25) is 0 Å². The van der Waals surface area contributed by atoms with Crippen molar-refractivity contribution >= 4 is 0 Å². The summed E-state index contributed by atoms with van der Waals surface area (Å²) in [4.78, 5) is 4.98. The van der Waals surface area contributed by atoms with Crippen molar-refractivity contribution in [2.45, 2.75) is 77.8 Å². The Kier molecular flexibility index (Phi) is 8.76. The van der Waals surface area contributed by atoms with Crippen molar-refractivity contribution in [3.05, 3.63) is 83.0 Å². The Bertz CT molecular complexity index is 1020. The van der Waals surface area contributed by atoms with Crippen LogP contribution >= 0.6 is 0 Å². The Hall–Kier alpha value is -2.65. The van der Waals surface area contributed by atoms with Crippen LogP contribution in [0.4, 0.5) is 0 Å². The van der Waals surface area contributed by atoms with Crippen molar-refractivity contribution in [1.82, 2.24) is 10.3 Å². The molecule has 3 heteroatoms. The number of aromatic nitrogens is 1. The number of nitrogens with one attached hydrogen (secondary N) is 1. The van der Waals surface area contributed by atoms with Gasteiger partial charge in [0.1, 0.15) is 5.75 Å². The minimum Gasteiger partial charge on any atom is -0.496 e. The minimum atomic E-state index is 0.427. The molecule has 0 aliphatic heterocycles. The lowest BCUT2D eigenvalue weighted by Gasteiger charge is -2.31. The number of hydrogen-bond acceptors (Lipinski definition) is 3. The number of ether oxygens (including phenoxy) is 1. The highest BCUT2D eigenvalue weighted by Gasteiger charge is 2.25. The van der Waals surface area contributed by atoms with Gasteiger partial charge in [0.15, 0.2) is 0 Å². The van der Waals surface area contributed by atoms with Gasteiger partial charge in [-0.05, 0) is 54.7 Å². The lowest BCUT2D eigenvalue weighted by Crippen LogP contribution is -2.38. The van der Waals surface area contributed by atoms with Crippen molar-refractivity contribution in [1.29, 1.82) is 0 Å². The number of hydrogen-bond donors (Lipinski definition) is 1. The van der Waals surface area contributed by atoms with Gasteiger partial charge in [-0.3, -0.25) is 4.98 Å². The molecular formula is C31H40N2O. The average Bonchev–Trinajstić information content (AvgIpc) is 2.91. The minimum absolute atomic E-state index is 0.427. The molecule has 3 aromatic rings. The molecule has 1 saturated carbocycles. The average molecular weight is 457 g/mol. The van der Waals surface area contributed by atoms with Crippen LogP contribution in [0.15, 0.2) is 60.8 Å². The van der Waals surface area contributed by atoms with E-state index < -0.39 is 0 Å². The van der Waals surface area contributed by atoms with Gasteiger partial charge in [0.25, 0.3) is 0 Å². The van der Waals surface area contributed by atoms with Gasteiger partial charge < -0.3 is 10.1 Å².